The third-order valence-corrected chi connectivity index (χ3v) is 3.14. The van der Waals surface area contributed by atoms with Crippen LogP contribution in [-0.4, -0.2) is 13.0 Å². The first-order valence-electron chi connectivity index (χ1n) is 6.07. The van der Waals surface area contributed by atoms with Crippen LogP contribution in [0.3, 0.4) is 0 Å². The SMILES string of the molecule is C[C@@H](C(=O)N(C)c1ccccc1)c1ccccc1. The number of amides is 1. The molecule has 2 rings (SSSR count). The van der Waals surface area contributed by atoms with Gasteiger partial charge in [-0.3, -0.25) is 4.79 Å². The second-order valence-corrected chi connectivity index (χ2v) is 4.37. The normalized spacial score (nSPS) is 11.9. The largest absolute Gasteiger partial charge is 0.315 e. The number of hydrogen-bond acceptors (Lipinski definition) is 1. The maximum atomic E-state index is 12.4. The number of rotatable bonds is 3. The second-order valence-electron chi connectivity index (χ2n) is 4.37. The summed E-state index contributed by atoms with van der Waals surface area (Å²) in [4.78, 5) is 14.1. The molecule has 2 heteroatoms. The first-order chi connectivity index (χ1) is 8.70. The maximum Gasteiger partial charge on any atom is 0.233 e. The molecule has 0 saturated heterocycles. The fourth-order valence-corrected chi connectivity index (χ4v) is 1.95. The zero-order valence-electron chi connectivity index (χ0n) is 10.7. The van der Waals surface area contributed by atoms with Crippen LogP contribution in [0.25, 0.3) is 0 Å². The lowest BCUT2D eigenvalue weighted by Gasteiger charge is -2.21. The van der Waals surface area contributed by atoms with Gasteiger partial charge in [-0.2, -0.15) is 0 Å². The Labute approximate surface area is 108 Å². The average molecular weight is 239 g/mol. The van der Waals surface area contributed by atoms with Gasteiger partial charge in [0.15, 0.2) is 0 Å². The van der Waals surface area contributed by atoms with Crippen LogP contribution < -0.4 is 4.90 Å². The number of benzene rings is 2. The Bertz CT molecular complexity index is 460. The van der Waals surface area contributed by atoms with Crippen LogP contribution >= 0.6 is 0 Å². The van der Waals surface area contributed by atoms with Gasteiger partial charge in [0.2, 0.25) is 5.91 Å². The highest BCUT2D eigenvalue weighted by molar-refractivity contribution is 5.97. The number of nitrogens with zero attached hydrogens (tertiary/aromatic N) is 1. The Hall–Kier alpha value is -2.09. The summed E-state index contributed by atoms with van der Waals surface area (Å²) in [5, 5.41) is 0. The molecule has 0 aliphatic heterocycles. The average Bonchev–Trinajstić information content (AvgIpc) is 2.47. The van der Waals surface area contributed by atoms with Crippen LogP contribution in [0, 0.1) is 0 Å². The van der Waals surface area contributed by atoms with Crippen molar-refractivity contribution in [2.24, 2.45) is 0 Å². The lowest BCUT2D eigenvalue weighted by Crippen LogP contribution is -2.30. The predicted molar refractivity (Wildman–Crippen MR) is 74.7 cm³/mol. The molecular weight excluding hydrogens is 222 g/mol. The molecule has 0 aromatic heterocycles. The first-order valence-corrected chi connectivity index (χ1v) is 6.07. The third-order valence-electron chi connectivity index (χ3n) is 3.14. The molecule has 2 aromatic rings. The zero-order chi connectivity index (χ0) is 13.0. The number of likely N-dealkylation sites (N-methyl/N-ethyl adjacent to an activating group) is 1. The summed E-state index contributed by atoms with van der Waals surface area (Å²) in [6.45, 7) is 1.94. The van der Waals surface area contributed by atoms with E-state index in [1.54, 1.807) is 4.90 Å². The molecule has 0 saturated carbocycles. The molecule has 0 aliphatic carbocycles. The summed E-state index contributed by atoms with van der Waals surface area (Å²) in [5.41, 5.74) is 1.97. The molecule has 0 radical (unpaired) electrons. The van der Waals surface area contributed by atoms with Gasteiger partial charge in [0.05, 0.1) is 5.92 Å². The number of anilines is 1. The molecule has 18 heavy (non-hydrogen) atoms. The summed E-state index contributed by atoms with van der Waals surface area (Å²) in [7, 11) is 1.82. The quantitative estimate of drug-likeness (QED) is 0.803. The minimum absolute atomic E-state index is 0.104. The molecular formula is C16H17NO. The highest BCUT2D eigenvalue weighted by Gasteiger charge is 2.19. The van der Waals surface area contributed by atoms with Gasteiger partial charge in [0.1, 0.15) is 0 Å². The molecule has 0 unspecified atom stereocenters. The van der Waals surface area contributed by atoms with E-state index in [4.69, 9.17) is 0 Å². The molecule has 0 N–H and O–H groups in total. The van der Waals surface area contributed by atoms with Gasteiger partial charge in [-0.25, -0.2) is 0 Å². The van der Waals surface area contributed by atoms with Crippen LogP contribution in [0.15, 0.2) is 60.7 Å². The van der Waals surface area contributed by atoms with Crippen molar-refractivity contribution in [2.45, 2.75) is 12.8 Å². The van der Waals surface area contributed by atoms with Gasteiger partial charge in [0.25, 0.3) is 0 Å². The smallest absolute Gasteiger partial charge is 0.233 e. The van der Waals surface area contributed by atoms with Crippen LogP contribution in [0.4, 0.5) is 5.69 Å². The van der Waals surface area contributed by atoms with Crippen molar-refractivity contribution in [1.82, 2.24) is 0 Å². The van der Waals surface area contributed by atoms with Crippen molar-refractivity contribution in [3.8, 4) is 0 Å². The van der Waals surface area contributed by atoms with Gasteiger partial charge < -0.3 is 4.90 Å². The summed E-state index contributed by atoms with van der Waals surface area (Å²) in [5.74, 6) is -0.0243. The summed E-state index contributed by atoms with van der Waals surface area (Å²) < 4.78 is 0. The van der Waals surface area contributed by atoms with Crippen molar-refractivity contribution in [2.75, 3.05) is 11.9 Å². The van der Waals surface area contributed by atoms with E-state index in [-0.39, 0.29) is 11.8 Å². The highest BCUT2D eigenvalue weighted by Crippen LogP contribution is 2.20. The highest BCUT2D eigenvalue weighted by atomic mass is 16.2. The van der Waals surface area contributed by atoms with Gasteiger partial charge in [-0.1, -0.05) is 48.5 Å². The molecule has 0 fully saturated rings. The van der Waals surface area contributed by atoms with E-state index in [0.29, 0.717) is 0 Å². The Balaban J connectivity index is 2.17. The molecule has 2 nitrogen and oxygen atoms in total. The molecule has 1 atom stereocenters. The van der Waals surface area contributed by atoms with Crippen molar-refractivity contribution in [3.05, 3.63) is 66.2 Å². The zero-order valence-corrected chi connectivity index (χ0v) is 10.7. The second kappa shape index (κ2) is 5.50. The van der Waals surface area contributed by atoms with Crippen molar-refractivity contribution >= 4 is 11.6 Å². The number of hydrogen-bond donors (Lipinski definition) is 0. The molecule has 0 heterocycles. The number of para-hydroxylation sites is 1. The Kier molecular flexibility index (Phi) is 3.78. The Morgan fingerprint density at radius 2 is 1.44 bits per heavy atom. The van der Waals surface area contributed by atoms with Gasteiger partial charge in [-0.05, 0) is 24.6 Å². The Morgan fingerprint density at radius 3 is 2.00 bits per heavy atom. The van der Waals surface area contributed by atoms with Crippen molar-refractivity contribution < 1.29 is 4.79 Å². The van der Waals surface area contributed by atoms with E-state index in [9.17, 15) is 4.79 Å². The minimum Gasteiger partial charge on any atom is -0.315 e. The minimum atomic E-state index is -0.128. The van der Waals surface area contributed by atoms with Crippen molar-refractivity contribution in [3.63, 3.8) is 0 Å². The molecule has 2 aromatic carbocycles. The molecule has 0 aliphatic rings. The van der Waals surface area contributed by atoms with E-state index < -0.39 is 0 Å². The van der Waals surface area contributed by atoms with E-state index in [0.717, 1.165) is 11.3 Å². The Morgan fingerprint density at radius 1 is 0.944 bits per heavy atom. The topological polar surface area (TPSA) is 20.3 Å². The monoisotopic (exact) mass is 239 g/mol. The fraction of sp³-hybridized carbons (Fsp3) is 0.188. The van der Waals surface area contributed by atoms with Gasteiger partial charge >= 0.3 is 0 Å². The van der Waals surface area contributed by atoms with E-state index >= 15 is 0 Å². The summed E-state index contributed by atoms with van der Waals surface area (Å²) in [6, 6.07) is 19.6. The summed E-state index contributed by atoms with van der Waals surface area (Å²) >= 11 is 0. The van der Waals surface area contributed by atoms with Crippen molar-refractivity contribution in [1.29, 1.82) is 0 Å². The number of carbonyl (C=O) groups excluding carboxylic acids is 1. The standard InChI is InChI=1S/C16H17NO/c1-13(14-9-5-3-6-10-14)16(18)17(2)15-11-7-4-8-12-15/h3-13H,1-2H3/t13-/m1/s1. The summed E-state index contributed by atoms with van der Waals surface area (Å²) in [6.07, 6.45) is 0. The lowest BCUT2D eigenvalue weighted by molar-refractivity contribution is -0.119. The molecule has 0 spiro atoms. The van der Waals surface area contributed by atoms with E-state index in [2.05, 4.69) is 0 Å². The maximum absolute atomic E-state index is 12.4. The van der Waals surface area contributed by atoms with Crippen LogP contribution in [0.2, 0.25) is 0 Å². The van der Waals surface area contributed by atoms with Gasteiger partial charge in [0, 0.05) is 12.7 Å². The van der Waals surface area contributed by atoms with Crippen LogP contribution in [0.5, 0.6) is 0 Å². The predicted octanol–water partition coefficient (Wildman–Crippen LogP) is 3.45. The molecule has 0 bridgehead atoms. The van der Waals surface area contributed by atoms with Gasteiger partial charge in [-0.15, -0.1) is 0 Å². The van der Waals surface area contributed by atoms with E-state index in [1.165, 1.54) is 0 Å². The fourth-order valence-electron chi connectivity index (χ4n) is 1.95. The molecule has 92 valence electrons. The first kappa shape index (κ1) is 12.4. The van der Waals surface area contributed by atoms with Crippen LogP contribution in [-0.2, 0) is 4.79 Å². The lowest BCUT2D eigenvalue weighted by atomic mass is 10.00. The van der Waals surface area contributed by atoms with E-state index in [1.807, 2.05) is 74.6 Å². The van der Waals surface area contributed by atoms with Crippen LogP contribution in [0.1, 0.15) is 18.4 Å². The number of carbonyl (C=O) groups is 1. The molecule has 1 amide bonds. The third kappa shape index (κ3) is 2.59.